The van der Waals surface area contributed by atoms with Crippen molar-refractivity contribution in [2.75, 3.05) is 13.2 Å². The van der Waals surface area contributed by atoms with Crippen molar-refractivity contribution in [2.45, 2.75) is 44.9 Å². The minimum atomic E-state index is 0.330. The highest BCUT2D eigenvalue weighted by molar-refractivity contribution is 5.82. The lowest BCUT2D eigenvalue weighted by atomic mass is 10.0. The highest BCUT2D eigenvalue weighted by Gasteiger charge is 2.24. The Bertz CT molecular complexity index is 196. The van der Waals surface area contributed by atoms with E-state index in [1.807, 2.05) is 0 Å². The van der Waals surface area contributed by atoms with Crippen molar-refractivity contribution < 1.29 is 9.53 Å². The molecule has 80 valence electrons. The average Bonchev–Trinajstić information content (AvgIpc) is 2.91. The molecule has 2 fully saturated rings. The third-order valence-corrected chi connectivity index (χ3v) is 3.41. The zero-order valence-corrected chi connectivity index (χ0v) is 8.84. The number of Topliss-reactive ketones (excluding diaryl/α,β-unsaturated/α-hetero) is 1. The first-order chi connectivity index (χ1) is 6.86. The van der Waals surface area contributed by atoms with E-state index in [4.69, 9.17) is 4.74 Å². The van der Waals surface area contributed by atoms with Crippen LogP contribution in [0.3, 0.4) is 0 Å². The topological polar surface area (TPSA) is 26.3 Å². The molecule has 14 heavy (non-hydrogen) atoms. The van der Waals surface area contributed by atoms with Gasteiger partial charge in [-0.05, 0) is 31.6 Å². The molecule has 2 aliphatic carbocycles. The summed E-state index contributed by atoms with van der Waals surface area (Å²) in [4.78, 5) is 11.3. The van der Waals surface area contributed by atoms with E-state index in [2.05, 4.69) is 0 Å². The molecule has 0 heterocycles. The molecular weight excluding hydrogens is 176 g/mol. The van der Waals surface area contributed by atoms with Gasteiger partial charge in [0.05, 0.1) is 0 Å². The molecule has 0 aromatic rings. The molecule has 0 aromatic carbocycles. The van der Waals surface area contributed by atoms with Crippen molar-refractivity contribution >= 4 is 5.78 Å². The maximum atomic E-state index is 11.3. The molecule has 2 saturated carbocycles. The molecule has 2 nitrogen and oxygen atoms in total. The second kappa shape index (κ2) is 4.92. The van der Waals surface area contributed by atoms with Gasteiger partial charge in [0.15, 0.2) is 0 Å². The Kier molecular flexibility index (Phi) is 3.57. The predicted molar refractivity (Wildman–Crippen MR) is 55.1 cm³/mol. The van der Waals surface area contributed by atoms with Crippen molar-refractivity contribution in [3.63, 3.8) is 0 Å². The largest absolute Gasteiger partial charge is 0.381 e. The second-order valence-electron chi connectivity index (χ2n) is 4.69. The molecule has 1 unspecified atom stereocenters. The van der Waals surface area contributed by atoms with Crippen LogP contribution in [0, 0.1) is 11.8 Å². The molecule has 0 radical (unpaired) electrons. The number of ketones is 1. The molecule has 2 rings (SSSR count). The predicted octanol–water partition coefficient (Wildman–Crippen LogP) is 2.56. The fourth-order valence-corrected chi connectivity index (χ4v) is 2.18. The van der Waals surface area contributed by atoms with Gasteiger partial charge in [0, 0.05) is 25.6 Å². The van der Waals surface area contributed by atoms with Crippen LogP contribution in [-0.2, 0) is 9.53 Å². The van der Waals surface area contributed by atoms with Crippen molar-refractivity contribution in [1.29, 1.82) is 0 Å². The highest BCUT2D eigenvalue weighted by Crippen LogP contribution is 2.32. The van der Waals surface area contributed by atoms with Gasteiger partial charge in [-0.25, -0.2) is 0 Å². The Morgan fingerprint density at radius 1 is 1.14 bits per heavy atom. The summed E-state index contributed by atoms with van der Waals surface area (Å²) < 4.78 is 5.54. The van der Waals surface area contributed by atoms with Gasteiger partial charge < -0.3 is 4.74 Å². The van der Waals surface area contributed by atoms with E-state index in [0.29, 0.717) is 11.7 Å². The number of hydrogen-bond acceptors (Lipinski definition) is 2. The number of hydrogen-bond donors (Lipinski definition) is 0. The summed E-state index contributed by atoms with van der Waals surface area (Å²) >= 11 is 0. The first-order valence-corrected chi connectivity index (χ1v) is 5.96. The van der Waals surface area contributed by atoms with Crippen LogP contribution in [-0.4, -0.2) is 19.0 Å². The molecule has 2 heteroatoms. The van der Waals surface area contributed by atoms with E-state index in [1.165, 1.54) is 19.3 Å². The van der Waals surface area contributed by atoms with Crippen LogP contribution in [0.5, 0.6) is 0 Å². The first-order valence-electron chi connectivity index (χ1n) is 5.96. The van der Waals surface area contributed by atoms with Crippen molar-refractivity contribution in [3.8, 4) is 0 Å². The zero-order chi connectivity index (χ0) is 9.80. The van der Waals surface area contributed by atoms with Crippen LogP contribution in [0.1, 0.15) is 44.9 Å². The van der Waals surface area contributed by atoms with Crippen LogP contribution < -0.4 is 0 Å². The highest BCUT2D eigenvalue weighted by atomic mass is 16.5. The number of carbonyl (C=O) groups is 1. The van der Waals surface area contributed by atoms with Crippen LogP contribution >= 0.6 is 0 Å². The van der Waals surface area contributed by atoms with Crippen LogP contribution in [0.25, 0.3) is 0 Å². The maximum Gasteiger partial charge on any atom is 0.136 e. The first kappa shape index (κ1) is 10.2. The Morgan fingerprint density at radius 3 is 2.57 bits per heavy atom. The zero-order valence-electron chi connectivity index (χ0n) is 8.84. The van der Waals surface area contributed by atoms with Crippen molar-refractivity contribution in [3.05, 3.63) is 0 Å². The van der Waals surface area contributed by atoms with E-state index >= 15 is 0 Å². The van der Waals surface area contributed by atoms with Gasteiger partial charge in [0.1, 0.15) is 5.78 Å². The molecular formula is C12H20O2. The van der Waals surface area contributed by atoms with Gasteiger partial charge >= 0.3 is 0 Å². The van der Waals surface area contributed by atoms with Crippen LogP contribution in [0.4, 0.5) is 0 Å². The molecule has 0 aromatic heterocycles. The fraction of sp³-hybridized carbons (Fsp3) is 0.917. The maximum absolute atomic E-state index is 11.3. The van der Waals surface area contributed by atoms with E-state index < -0.39 is 0 Å². The third kappa shape index (κ3) is 3.09. The minimum Gasteiger partial charge on any atom is -0.381 e. The van der Waals surface area contributed by atoms with Crippen molar-refractivity contribution in [2.24, 2.45) is 11.8 Å². The summed E-state index contributed by atoms with van der Waals surface area (Å²) in [5.41, 5.74) is 0. The molecule has 0 N–H and O–H groups in total. The normalized spacial score (nSPS) is 27.1. The molecule has 0 aliphatic heterocycles. The van der Waals surface area contributed by atoms with E-state index in [9.17, 15) is 4.79 Å². The Balaban J connectivity index is 1.47. The van der Waals surface area contributed by atoms with Gasteiger partial charge in [-0.3, -0.25) is 4.79 Å². The molecule has 0 bridgehead atoms. The number of rotatable bonds is 6. The standard InChI is InChI=1S/C12H20O2/c13-12-3-1-2-11(12)7-9-14-8-6-10-4-5-10/h10-11H,1-9H2. The molecule has 2 aliphatic rings. The van der Waals surface area contributed by atoms with E-state index in [0.717, 1.165) is 44.8 Å². The SMILES string of the molecule is O=C1CCCC1CCOCCC1CC1. The summed E-state index contributed by atoms with van der Waals surface area (Å²) in [5, 5.41) is 0. The summed E-state index contributed by atoms with van der Waals surface area (Å²) in [6.45, 7) is 1.70. The van der Waals surface area contributed by atoms with Crippen molar-refractivity contribution in [1.82, 2.24) is 0 Å². The summed E-state index contributed by atoms with van der Waals surface area (Å²) in [7, 11) is 0. The van der Waals surface area contributed by atoms with Crippen LogP contribution in [0.15, 0.2) is 0 Å². The monoisotopic (exact) mass is 196 g/mol. The van der Waals surface area contributed by atoms with Gasteiger partial charge in [-0.2, -0.15) is 0 Å². The quantitative estimate of drug-likeness (QED) is 0.610. The summed E-state index contributed by atoms with van der Waals surface area (Å²) in [6, 6.07) is 0. The van der Waals surface area contributed by atoms with Gasteiger partial charge in [-0.15, -0.1) is 0 Å². The lowest BCUT2D eigenvalue weighted by Gasteiger charge is -2.07. The van der Waals surface area contributed by atoms with Gasteiger partial charge in [-0.1, -0.05) is 12.8 Å². The third-order valence-electron chi connectivity index (χ3n) is 3.41. The Labute approximate surface area is 86.0 Å². The molecule has 1 atom stereocenters. The molecule has 0 spiro atoms. The lowest BCUT2D eigenvalue weighted by Crippen LogP contribution is -2.10. The average molecular weight is 196 g/mol. The summed E-state index contributed by atoms with van der Waals surface area (Å²) in [5.74, 6) is 1.76. The van der Waals surface area contributed by atoms with E-state index in [1.54, 1.807) is 0 Å². The lowest BCUT2D eigenvalue weighted by molar-refractivity contribution is -0.121. The van der Waals surface area contributed by atoms with E-state index in [-0.39, 0.29) is 0 Å². The molecule has 0 amide bonds. The number of carbonyl (C=O) groups excluding carboxylic acids is 1. The Hall–Kier alpha value is -0.370. The second-order valence-corrected chi connectivity index (χ2v) is 4.69. The smallest absolute Gasteiger partial charge is 0.136 e. The van der Waals surface area contributed by atoms with Gasteiger partial charge in [0.25, 0.3) is 0 Å². The van der Waals surface area contributed by atoms with Gasteiger partial charge in [0.2, 0.25) is 0 Å². The summed E-state index contributed by atoms with van der Waals surface area (Å²) in [6.07, 6.45) is 8.03. The Morgan fingerprint density at radius 2 is 1.93 bits per heavy atom. The van der Waals surface area contributed by atoms with Crippen LogP contribution in [0.2, 0.25) is 0 Å². The fourth-order valence-electron chi connectivity index (χ4n) is 2.18. The molecule has 0 saturated heterocycles. The minimum absolute atomic E-state index is 0.330. The number of ether oxygens (including phenoxy) is 1.